The largest absolute Gasteiger partial charge is 0.417 e. The lowest BCUT2D eigenvalue weighted by atomic mass is 9.96. The molecule has 0 bridgehead atoms. The highest BCUT2D eigenvalue weighted by Crippen LogP contribution is 2.47. The van der Waals surface area contributed by atoms with E-state index in [1.165, 1.54) is 6.07 Å². The van der Waals surface area contributed by atoms with Crippen molar-refractivity contribution in [3.05, 3.63) is 314 Å². The van der Waals surface area contributed by atoms with Crippen LogP contribution in [0.4, 0.5) is 22.0 Å². The van der Waals surface area contributed by atoms with Crippen LogP contribution >= 0.6 is 0 Å². The number of hydrogen-bond donors (Lipinski definition) is 0. The molecule has 11 heteroatoms. The van der Waals surface area contributed by atoms with Crippen molar-refractivity contribution in [3.8, 4) is 113 Å². The molecule has 16 rings (SSSR count). The van der Waals surface area contributed by atoms with E-state index in [1.807, 2.05) is 276 Å². The maximum atomic E-state index is 16.6. The topological polar surface area (TPSA) is 61.4 Å². The minimum atomic E-state index is -5.06. The third-order valence-electron chi connectivity index (χ3n) is 17.1. The van der Waals surface area contributed by atoms with Crippen molar-refractivity contribution in [1.29, 1.82) is 0 Å². The van der Waals surface area contributed by atoms with E-state index < -0.39 is 28.9 Å². The Labute approximate surface area is 525 Å². The van der Waals surface area contributed by atoms with Crippen molar-refractivity contribution in [2.75, 3.05) is 0 Å². The number of aromatic nitrogens is 6. The fourth-order valence-electron chi connectivity index (χ4n) is 12.8. The monoisotopic (exact) mass is 1200 g/mol. The van der Waals surface area contributed by atoms with Crippen molar-refractivity contribution in [1.82, 2.24) is 29.1 Å². The standard InChI is InChI=1S/C81H49F5N6/c82-59-41-58(42-60(83)47-59)65-48-79(91-75-43-54(71-29-13-25-67(87-71)50-17-5-1-6-18-50)33-37-61(75)62-38-34-55(44-76(62)91)72-30-14-26-68(88-72)51-19-7-2-8-20-51)80(49-66(65)81(84,85)86)92-77-45-56(73-31-15-27-69(89-73)52-21-9-3-10-22-52)35-39-63(77)64-40-36-57(46-78(64)92)74-32-16-28-70(90-74)53-23-11-4-12-24-53/h1-49H. The lowest BCUT2D eigenvalue weighted by molar-refractivity contribution is -0.137. The summed E-state index contributed by atoms with van der Waals surface area (Å²) in [5, 5.41) is 3.06. The van der Waals surface area contributed by atoms with Gasteiger partial charge in [0.1, 0.15) is 11.6 Å². The summed E-state index contributed by atoms with van der Waals surface area (Å²) >= 11 is 0. The first-order valence-electron chi connectivity index (χ1n) is 30.0. The predicted octanol–water partition coefficient (Wildman–Crippen LogP) is 21.8. The average Bonchev–Trinajstić information content (AvgIpc) is 1.54. The molecule has 0 saturated heterocycles. The molecule has 0 spiro atoms. The molecule has 6 aromatic heterocycles. The number of hydrogen-bond acceptors (Lipinski definition) is 4. The smallest absolute Gasteiger partial charge is 0.307 e. The van der Waals surface area contributed by atoms with Gasteiger partial charge < -0.3 is 9.13 Å². The Hall–Kier alpha value is -12.0. The van der Waals surface area contributed by atoms with Gasteiger partial charge in [-0.25, -0.2) is 28.7 Å². The normalized spacial score (nSPS) is 11.8. The van der Waals surface area contributed by atoms with Crippen LogP contribution in [0, 0.1) is 11.6 Å². The molecule has 0 aliphatic carbocycles. The van der Waals surface area contributed by atoms with Crippen molar-refractivity contribution in [2.45, 2.75) is 6.18 Å². The number of nitrogens with zero attached hydrogens (tertiary/aromatic N) is 6. The fourth-order valence-corrected chi connectivity index (χ4v) is 12.8. The third kappa shape index (κ3) is 10.1. The molecular formula is C81H49F5N6. The van der Waals surface area contributed by atoms with Gasteiger partial charge in [-0.15, -0.1) is 0 Å². The minimum absolute atomic E-state index is 0.118. The van der Waals surface area contributed by atoms with Gasteiger partial charge in [0.25, 0.3) is 0 Å². The van der Waals surface area contributed by atoms with Crippen LogP contribution in [-0.2, 0) is 6.18 Å². The maximum absolute atomic E-state index is 16.6. The van der Waals surface area contributed by atoms with Gasteiger partial charge in [-0.2, -0.15) is 13.2 Å². The number of alkyl halides is 3. The van der Waals surface area contributed by atoms with E-state index in [4.69, 9.17) is 19.9 Å². The van der Waals surface area contributed by atoms with E-state index in [9.17, 15) is 0 Å². The molecule has 0 saturated carbocycles. The van der Waals surface area contributed by atoms with E-state index in [2.05, 4.69) is 0 Å². The first-order chi connectivity index (χ1) is 45.0. The Morgan fingerprint density at radius 3 is 0.793 bits per heavy atom. The Morgan fingerprint density at radius 1 is 0.239 bits per heavy atom. The number of halogens is 5. The highest BCUT2D eigenvalue weighted by Gasteiger charge is 2.37. The van der Waals surface area contributed by atoms with Crippen molar-refractivity contribution in [2.24, 2.45) is 0 Å². The van der Waals surface area contributed by atoms with Crippen molar-refractivity contribution < 1.29 is 22.0 Å². The molecule has 6 nitrogen and oxygen atoms in total. The second-order valence-electron chi connectivity index (χ2n) is 22.7. The summed E-state index contributed by atoms with van der Waals surface area (Å²) < 4.78 is 85.2. The molecule has 0 atom stereocenters. The van der Waals surface area contributed by atoms with Crippen LogP contribution in [-0.4, -0.2) is 29.1 Å². The second-order valence-corrected chi connectivity index (χ2v) is 22.7. The van der Waals surface area contributed by atoms with Crippen LogP contribution in [0.2, 0.25) is 0 Å². The van der Waals surface area contributed by atoms with Gasteiger partial charge in [-0.05, 0) is 108 Å². The predicted molar refractivity (Wildman–Crippen MR) is 360 cm³/mol. The third-order valence-corrected chi connectivity index (χ3v) is 17.1. The van der Waals surface area contributed by atoms with Gasteiger partial charge in [0.2, 0.25) is 0 Å². The number of rotatable bonds is 11. The van der Waals surface area contributed by atoms with Crippen LogP contribution < -0.4 is 0 Å². The van der Waals surface area contributed by atoms with Crippen LogP contribution in [0.1, 0.15) is 5.56 Å². The Kier molecular flexibility index (Phi) is 13.6. The van der Waals surface area contributed by atoms with Gasteiger partial charge in [-0.3, -0.25) is 0 Å². The first kappa shape index (κ1) is 55.4. The molecule has 6 heterocycles. The molecule has 0 aliphatic heterocycles. The Bertz CT molecular complexity index is 5230. The van der Waals surface area contributed by atoms with Crippen molar-refractivity contribution >= 4 is 43.6 Å². The summed E-state index contributed by atoms with van der Waals surface area (Å²) in [4.78, 5) is 20.7. The van der Waals surface area contributed by atoms with Crippen LogP contribution in [0.15, 0.2) is 297 Å². The number of fused-ring (bicyclic) bond motifs is 6. The van der Waals surface area contributed by atoms with Crippen LogP contribution in [0.3, 0.4) is 0 Å². The summed E-state index contributed by atoms with van der Waals surface area (Å²) in [6.45, 7) is 0. The molecule has 10 aromatic carbocycles. The maximum Gasteiger partial charge on any atom is 0.417 e. The lowest BCUT2D eigenvalue weighted by Crippen LogP contribution is -2.12. The van der Waals surface area contributed by atoms with E-state index in [0.29, 0.717) is 62.0 Å². The summed E-state index contributed by atoms with van der Waals surface area (Å²) in [5.74, 6) is -2.06. The second kappa shape index (κ2) is 22.6. The van der Waals surface area contributed by atoms with Crippen molar-refractivity contribution in [3.63, 3.8) is 0 Å². The van der Waals surface area contributed by atoms with E-state index in [0.717, 1.165) is 95.9 Å². The molecule has 0 radical (unpaired) electrons. The zero-order valence-corrected chi connectivity index (χ0v) is 48.9. The molecule has 0 N–H and O–H groups in total. The highest BCUT2D eigenvalue weighted by atomic mass is 19.4. The summed E-state index contributed by atoms with van der Waals surface area (Å²) in [5.41, 5.74) is 13.1. The molecule has 0 unspecified atom stereocenters. The van der Waals surface area contributed by atoms with E-state index in [-0.39, 0.29) is 16.9 Å². The zero-order valence-electron chi connectivity index (χ0n) is 48.9. The molecule has 16 aromatic rings. The quantitative estimate of drug-likeness (QED) is 0.121. The molecule has 92 heavy (non-hydrogen) atoms. The summed E-state index contributed by atoms with van der Waals surface area (Å²) in [6.07, 6.45) is -5.06. The van der Waals surface area contributed by atoms with Crippen LogP contribution in [0.5, 0.6) is 0 Å². The molecule has 438 valence electrons. The molecule has 0 aliphatic rings. The van der Waals surface area contributed by atoms with Gasteiger partial charge in [0.05, 0.1) is 84.6 Å². The summed E-state index contributed by atoms with van der Waals surface area (Å²) in [7, 11) is 0. The van der Waals surface area contributed by atoms with Gasteiger partial charge >= 0.3 is 6.18 Å². The number of pyridine rings is 4. The SMILES string of the molecule is Fc1cc(F)cc(-c2cc(-n3c4cc(-c5cccc(-c6ccccc6)n5)ccc4c4ccc(-c5cccc(-c6ccccc6)n5)cc43)c(-n3c4cc(-c5cccc(-c6ccccc6)n5)ccc4c4ccc(-c5cccc(-c6ccccc6)n5)cc43)cc2C(F)(F)F)c1. The zero-order chi connectivity index (χ0) is 62.0. The summed E-state index contributed by atoms with van der Waals surface area (Å²) in [6, 6.07) is 91.9. The molecular weight excluding hydrogens is 1150 g/mol. The lowest BCUT2D eigenvalue weighted by Gasteiger charge is -2.22. The minimum Gasteiger partial charge on any atom is -0.307 e. The highest BCUT2D eigenvalue weighted by molar-refractivity contribution is 6.14. The van der Waals surface area contributed by atoms with E-state index >= 15 is 22.0 Å². The number of benzene rings is 10. The first-order valence-corrected chi connectivity index (χ1v) is 30.0. The van der Waals surface area contributed by atoms with Gasteiger partial charge in [0.15, 0.2) is 0 Å². The Morgan fingerprint density at radius 2 is 0.511 bits per heavy atom. The van der Waals surface area contributed by atoms with Gasteiger partial charge in [0, 0.05) is 72.1 Å². The van der Waals surface area contributed by atoms with E-state index in [1.54, 1.807) is 0 Å². The van der Waals surface area contributed by atoms with Gasteiger partial charge in [-0.1, -0.05) is 194 Å². The molecule has 0 amide bonds. The molecule has 0 fully saturated rings. The van der Waals surface area contributed by atoms with Crippen LogP contribution in [0.25, 0.3) is 156 Å². The fraction of sp³-hybridized carbons (Fsp3) is 0.0123. The average molecular weight is 1200 g/mol. The Balaban J connectivity index is 1.03.